The van der Waals surface area contributed by atoms with E-state index in [2.05, 4.69) is 19.1 Å². The Kier molecular flexibility index (Phi) is 3.76. The van der Waals surface area contributed by atoms with Crippen LogP contribution in [-0.2, 0) is 14.3 Å². The first-order valence-corrected chi connectivity index (χ1v) is 7.36. The van der Waals surface area contributed by atoms with Crippen LogP contribution < -0.4 is 0 Å². The predicted octanol–water partition coefficient (Wildman–Crippen LogP) is 2.50. The molecule has 1 amide bonds. The monoisotopic (exact) mass is 275 g/mol. The van der Waals surface area contributed by atoms with Crippen molar-refractivity contribution < 1.29 is 14.3 Å². The van der Waals surface area contributed by atoms with E-state index in [1.54, 1.807) is 0 Å². The van der Waals surface area contributed by atoms with E-state index in [4.69, 9.17) is 9.47 Å². The summed E-state index contributed by atoms with van der Waals surface area (Å²) in [4.78, 5) is 14.5. The molecule has 0 N–H and O–H groups in total. The smallest absolute Gasteiger partial charge is 0.257 e. The van der Waals surface area contributed by atoms with Gasteiger partial charge in [0.05, 0.1) is 18.8 Å². The SMILES string of the molecule is CCC[C@H]1OC[C@@H](c2ccccc2)N1C(=O)[C@@H]1O[C@H]1C. The van der Waals surface area contributed by atoms with E-state index >= 15 is 0 Å². The summed E-state index contributed by atoms with van der Waals surface area (Å²) in [6.45, 7) is 4.62. The second-order valence-corrected chi connectivity index (χ2v) is 5.51. The van der Waals surface area contributed by atoms with Gasteiger partial charge >= 0.3 is 0 Å². The van der Waals surface area contributed by atoms with Crippen molar-refractivity contribution in [2.75, 3.05) is 6.61 Å². The van der Waals surface area contributed by atoms with Gasteiger partial charge in [-0.1, -0.05) is 43.7 Å². The molecule has 4 nitrogen and oxygen atoms in total. The average Bonchev–Trinajstić information content (AvgIpc) is 3.05. The highest BCUT2D eigenvalue weighted by molar-refractivity contribution is 5.84. The number of benzene rings is 1. The van der Waals surface area contributed by atoms with E-state index in [9.17, 15) is 4.79 Å². The lowest BCUT2D eigenvalue weighted by atomic mass is 10.1. The van der Waals surface area contributed by atoms with Gasteiger partial charge in [-0.25, -0.2) is 0 Å². The molecule has 0 aliphatic carbocycles. The van der Waals surface area contributed by atoms with Crippen LogP contribution in [-0.4, -0.2) is 35.8 Å². The average molecular weight is 275 g/mol. The van der Waals surface area contributed by atoms with E-state index in [-0.39, 0.29) is 30.4 Å². The van der Waals surface area contributed by atoms with Crippen LogP contribution in [0.5, 0.6) is 0 Å². The lowest BCUT2D eigenvalue weighted by Gasteiger charge is -2.28. The van der Waals surface area contributed by atoms with Gasteiger partial charge in [-0.05, 0) is 18.9 Å². The second kappa shape index (κ2) is 5.54. The van der Waals surface area contributed by atoms with E-state index in [1.165, 1.54) is 0 Å². The summed E-state index contributed by atoms with van der Waals surface area (Å²) in [5.74, 6) is 0.0716. The Morgan fingerprint density at radius 3 is 2.65 bits per heavy atom. The van der Waals surface area contributed by atoms with Gasteiger partial charge in [0.1, 0.15) is 6.23 Å². The van der Waals surface area contributed by atoms with Gasteiger partial charge in [0.25, 0.3) is 5.91 Å². The van der Waals surface area contributed by atoms with Gasteiger partial charge in [-0.3, -0.25) is 4.79 Å². The van der Waals surface area contributed by atoms with Crippen LogP contribution in [0.3, 0.4) is 0 Å². The minimum Gasteiger partial charge on any atom is -0.359 e. The summed E-state index contributed by atoms with van der Waals surface area (Å²) in [7, 11) is 0. The van der Waals surface area contributed by atoms with Crippen LogP contribution in [0.1, 0.15) is 38.3 Å². The molecular formula is C16H21NO3. The summed E-state index contributed by atoms with van der Waals surface area (Å²) in [6, 6.07) is 10.1. The van der Waals surface area contributed by atoms with Gasteiger partial charge in [-0.2, -0.15) is 0 Å². The number of ether oxygens (including phenoxy) is 2. The standard InChI is InChI=1S/C16H21NO3/c1-3-7-14-17(16(18)15-11(2)20-15)13(10-19-14)12-8-5-4-6-9-12/h4-6,8-9,11,13-15H,3,7,10H2,1-2H3/t11-,13-,14+,15+/m0/s1. The molecule has 2 fully saturated rings. The fourth-order valence-corrected chi connectivity index (χ4v) is 2.85. The molecule has 4 heteroatoms. The van der Waals surface area contributed by atoms with Gasteiger partial charge in [0.2, 0.25) is 0 Å². The number of carbonyl (C=O) groups is 1. The number of carbonyl (C=O) groups excluding carboxylic acids is 1. The molecule has 0 unspecified atom stereocenters. The van der Waals surface area contributed by atoms with Gasteiger partial charge in [0.15, 0.2) is 6.10 Å². The van der Waals surface area contributed by atoms with Crippen LogP contribution in [0.25, 0.3) is 0 Å². The molecule has 2 heterocycles. The van der Waals surface area contributed by atoms with Crippen molar-refractivity contribution in [1.82, 2.24) is 4.90 Å². The topological polar surface area (TPSA) is 42.1 Å². The zero-order valence-electron chi connectivity index (χ0n) is 12.0. The fourth-order valence-electron chi connectivity index (χ4n) is 2.85. The highest BCUT2D eigenvalue weighted by Gasteiger charge is 2.49. The van der Waals surface area contributed by atoms with Gasteiger partial charge in [-0.15, -0.1) is 0 Å². The molecule has 0 aromatic heterocycles. The molecule has 0 saturated carbocycles. The summed E-state index contributed by atoms with van der Waals surface area (Å²) in [5, 5.41) is 0. The number of hydrogen-bond donors (Lipinski definition) is 0. The van der Waals surface area contributed by atoms with Gasteiger partial charge in [0, 0.05) is 0 Å². The molecule has 108 valence electrons. The third-order valence-electron chi connectivity index (χ3n) is 4.02. The normalized spacial score (nSPS) is 32.4. The Labute approximate surface area is 119 Å². The highest BCUT2D eigenvalue weighted by atomic mass is 16.6. The number of hydrogen-bond acceptors (Lipinski definition) is 3. The molecule has 2 aliphatic heterocycles. The molecule has 0 spiro atoms. The number of nitrogens with zero attached hydrogens (tertiary/aromatic N) is 1. The molecular weight excluding hydrogens is 254 g/mol. The lowest BCUT2D eigenvalue weighted by Crippen LogP contribution is -2.41. The van der Waals surface area contributed by atoms with Crippen molar-refractivity contribution in [3.8, 4) is 0 Å². The van der Waals surface area contributed by atoms with E-state index < -0.39 is 0 Å². The number of epoxide rings is 1. The van der Waals surface area contributed by atoms with Crippen molar-refractivity contribution in [1.29, 1.82) is 0 Å². The quantitative estimate of drug-likeness (QED) is 0.793. The first-order chi connectivity index (χ1) is 9.72. The zero-order chi connectivity index (χ0) is 14.1. The molecule has 0 radical (unpaired) electrons. The van der Waals surface area contributed by atoms with Crippen LogP contribution in [0.4, 0.5) is 0 Å². The van der Waals surface area contributed by atoms with Crippen molar-refractivity contribution in [3.05, 3.63) is 35.9 Å². The molecule has 20 heavy (non-hydrogen) atoms. The summed E-state index contributed by atoms with van der Waals surface area (Å²) in [5.41, 5.74) is 1.13. The lowest BCUT2D eigenvalue weighted by molar-refractivity contribution is -0.139. The van der Waals surface area contributed by atoms with Crippen molar-refractivity contribution in [2.24, 2.45) is 0 Å². The number of rotatable bonds is 4. The Bertz CT molecular complexity index is 476. The Hall–Kier alpha value is -1.39. The Morgan fingerprint density at radius 2 is 2.05 bits per heavy atom. The Balaban J connectivity index is 1.83. The fraction of sp³-hybridized carbons (Fsp3) is 0.562. The zero-order valence-corrected chi connectivity index (χ0v) is 12.0. The first-order valence-electron chi connectivity index (χ1n) is 7.36. The first kappa shape index (κ1) is 13.6. The van der Waals surface area contributed by atoms with E-state index in [0.29, 0.717) is 6.61 Å². The minimum absolute atomic E-state index is 0.0108. The van der Waals surface area contributed by atoms with Crippen LogP contribution in [0.2, 0.25) is 0 Å². The molecule has 1 aromatic rings. The predicted molar refractivity (Wildman–Crippen MR) is 75.0 cm³/mol. The minimum atomic E-state index is -0.276. The number of amides is 1. The van der Waals surface area contributed by atoms with E-state index in [1.807, 2.05) is 30.0 Å². The summed E-state index contributed by atoms with van der Waals surface area (Å²) >= 11 is 0. The maximum absolute atomic E-state index is 12.6. The molecule has 2 saturated heterocycles. The largest absolute Gasteiger partial charge is 0.359 e. The van der Waals surface area contributed by atoms with Crippen molar-refractivity contribution in [2.45, 2.75) is 51.2 Å². The van der Waals surface area contributed by atoms with Crippen LogP contribution >= 0.6 is 0 Å². The van der Waals surface area contributed by atoms with Crippen LogP contribution in [0, 0.1) is 0 Å². The summed E-state index contributed by atoms with van der Waals surface area (Å²) in [6.07, 6.45) is 1.52. The maximum Gasteiger partial charge on any atom is 0.257 e. The molecule has 0 bridgehead atoms. The third-order valence-corrected chi connectivity index (χ3v) is 4.02. The van der Waals surface area contributed by atoms with Crippen molar-refractivity contribution >= 4 is 5.91 Å². The van der Waals surface area contributed by atoms with Crippen LogP contribution in [0.15, 0.2) is 30.3 Å². The molecule has 1 aromatic carbocycles. The molecule has 4 atom stereocenters. The Morgan fingerprint density at radius 1 is 1.35 bits per heavy atom. The van der Waals surface area contributed by atoms with Gasteiger partial charge < -0.3 is 14.4 Å². The molecule has 3 rings (SSSR count). The second-order valence-electron chi connectivity index (χ2n) is 5.51. The maximum atomic E-state index is 12.6. The molecule has 2 aliphatic rings. The van der Waals surface area contributed by atoms with Crippen molar-refractivity contribution in [3.63, 3.8) is 0 Å². The summed E-state index contributed by atoms with van der Waals surface area (Å²) < 4.78 is 11.2. The third kappa shape index (κ3) is 2.45. The highest BCUT2D eigenvalue weighted by Crippen LogP contribution is 2.36. The van der Waals surface area contributed by atoms with E-state index in [0.717, 1.165) is 18.4 Å².